The first-order valence-corrected chi connectivity index (χ1v) is 9.08. The summed E-state index contributed by atoms with van der Waals surface area (Å²) in [6.45, 7) is 5.03. The molecule has 5 nitrogen and oxygen atoms in total. The Morgan fingerprint density at radius 2 is 1.81 bits per heavy atom. The molecule has 0 aliphatic heterocycles. The highest BCUT2D eigenvalue weighted by Gasteiger charge is 2.02. The summed E-state index contributed by atoms with van der Waals surface area (Å²) >= 11 is 0. The molecule has 1 amide bonds. The lowest BCUT2D eigenvalue weighted by molar-refractivity contribution is -0.137. The lowest BCUT2D eigenvalue weighted by Crippen LogP contribution is -2.31. The Hall–Kier alpha value is -3.08. The van der Waals surface area contributed by atoms with Crippen molar-refractivity contribution in [3.8, 4) is 0 Å². The molecule has 5 heteroatoms. The molecule has 0 unspecified atom stereocenters. The first-order valence-electron chi connectivity index (χ1n) is 9.08. The van der Waals surface area contributed by atoms with Crippen LogP contribution < -0.4 is 10.6 Å². The van der Waals surface area contributed by atoms with Gasteiger partial charge in [-0.2, -0.15) is 0 Å². The summed E-state index contributed by atoms with van der Waals surface area (Å²) in [5.41, 5.74) is 4.22. The first-order chi connectivity index (χ1) is 13.1. The Morgan fingerprint density at radius 3 is 2.52 bits per heavy atom. The van der Waals surface area contributed by atoms with Crippen molar-refractivity contribution >= 4 is 23.6 Å². The van der Waals surface area contributed by atoms with E-state index < -0.39 is 0 Å². The maximum atomic E-state index is 12.0. The predicted molar refractivity (Wildman–Crippen MR) is 108 cm³/mol. The third-order valence-electron chi connectivity index (χ3n) is 4.04. The molecule has 0 aliphatic rings. The zero-order chi connectivity index (χ0) is 19.5. The second-order valence-electron chi connectivity index (χ2n) is 6.09. The third kappa shape index (κ3) is 7.36. The Morgan fingerprint density at radius 1 is 1.07 bits per heavy atom. The van der Waals surface area contributed by atoms with E-state index in [4.69, 9.17) is 4.74 Å². The van der Waals surface area contributed by atoms with Gasteiger partial charge in [0.1, 0.15) is 0 Å². The summed E-state index contributed by atoms with van der Waals surface area (Å²) in [7, 11) is 0. The highest BCUT2D eigenvalue weighted by Crippen LogP contribution is 2.11. The molecule has 0 saturated heterocycles. The number of hydrogen-bond acceptors (Lipinski definition) is 4. The first kappa shape index (κ1) is 20.2. The van der Waals surface area contributed by atoms with Gasteiger partial charge in [-0.15, -0.1) is 0 Å². The molecule has 0 atom stereocenters. The van der Waals surface area contributed by atoms with Crippen LogP contribution in [0, 0.1) is 6.92 Å². The van der Waals surface area contributed by atoms with Crippen molar-refractivity contribution in [1.29, 1.82) is 0 Å². The van der Waals surface area contributed by atoms with Crippen LogP contribution in [0.5, 0.6) is 0 Å². The van der Waals surface area contributed by atoms with E-state index in [-0.39, 0.29) is 18.4 Å². The van der Waals surface area contributed by atoms with Crippen LogP contribution in [0.2, 0.25) is 0 Å². The molecule has 2 N–H and O–H groups in total. The van der Waals surface area contributed by atoms with Crippen LogP contribution >= 0.6 is 0 Å². The summed E-state index contributed by atoms with van der Waals surface area (Å²) in [5, 5.41) is 6.01. The highest BCUT2D eigenvalue weighted by molar-refractivity contribution is 5.87. The van der Waals surface area contributed by atoms with Gasteiger partial charge >= 0.3 is 5.97 Å². The fraction of sp³-hybridized carbons (Fsp3) is 0.273. The lowest BCUT2D eigenvalue weighted by atomic mass is 10.1. The molecule has 142 valence electrons. The Labute approximate surface area is 160 Å². The van der Waals surface area contributed by atoms with Crippen molar-refractivity contribution in [3.05, 3.63) is 71.3 Å². The van der Waals surface area contributed by atoms with Gasteiger partial charge in [0, 0.05) is 18.3 Å². The van der Waals surface area contributed by atoms with Crippen LogP contribution in [-0.4, -0.2) is 31.6 Å². The maximum Gasteiger partial charge on any atom is 0.330 e. The molecule has 0 aromatic heterocycles. The van der Waals surface area contributed by atoms with Crippen molar-refractivity contribution in [2.24, 2.45) is 0 Å². The number of amides is 1. The standard InChI is InChI=1S/C22H26N2O3/c1-3-27-22(26)13-10-18-8-11-20(12-9-18)24-16-21(25)23-15-14-19-7-5-4-6-17(19)2/h4-13,24H,3,14-16H2,1-2H3,(H,23,25)/b13-10+. The fourth-order valence-corrected chi connectivity index (χ4v) is 2.54. The SMILES string of the molecule is CCOC(=O)/C=C/c1ccc(NCC(=O)NCCc2ccccc2C)cc1. The molecule has 0 aliphatic carbocycles. The Kier molecular flexibility index (Phi) is 8.10. The molecule has 0 heterocycles. The van der Waals surface area contributed by atoms with E-state index in [0.29, 0.717) is 13.2 Å². The van der Waals surface area contributed by atoms with Crippen LogP contribution in [0.25, 0.3) is 6.08 Å². The summed E-state index contributed by atoms with van der Waals surface area (Å²) in [6, 6.07) is 15.7. The third-order valence-corrected chi connectivity index (χ3v) is 4.04. The summed E-state index contributed by atoms with van der Waals surface area (Å²) < 4.78 is 4.84. The average molecular weight is 366 g/mol. The van der Waals surface area contributed by atoms with Gasteiger partial charge in [0.2, 0.25) is 5.91 Å². The van der Waals surface area contributed by atoms with E-state index in [9.17, 15) is 9.59 Å². The number of benzene rings is 2. The van der Waals surface area contributed by atoms with Crippen LogP contribution in [0.4, 0.5) is 5.69 Å². The molecule has 27 heavy (non-hydrogen) atoms. The second kappa shape index (κ2) is 10.8. The molecule has 0 bridgehead atoms. The molecule has 2 rings (SSSR count). The van der Waals surface area contributed by atoms with E-state index in [1.54, 1.807) is 13.0 Å². The minimum Gasteiger partial charge on any atom is -0.463 e. The molecular weight excluding hydrogens is 340 g/mol. The molecular formula is C22H26N2O3. The second-order valence-corrected chi connectivity index (χ2v) is 6.09. The molecule has 0 radical (unpaired) electrons. The van der Waals surface area contributed by atoms with E-state index in [2.05, 4.69) is 29.7 Å². The van der Waals surface area contributed by atoms with Crippen LogP contribution in [0.15, 0.2) is 54.6 Å². The molecule has 0 spiro atoms. The summed E-state index contributed by atoms with van der Waals surface area (Å²) in [5.74, 6) is -0.406. The zero-order valence-electron chi connectivity index (χ0n) is 15.8. The van der Waals surface area contributed by atoms with Gasteiger partial charge in [-0.1, -0.05) is 36.4 Å². The van der Waals surface area contributed by atoms with E-state index in [1.165, 1.54) is 17.2 Å². The monoisotopic (exact) mass is 366 g/mol. The van der Waals surface area contributed by atoms with Crippen molar-refractivity contribution < 1.29 is 14.3 Å². The number of aryl methyl sites for hydroxylation is 1. The smallest absolute Gasteiger partial charge is 0.330 e. The lowest BCUT2D eigenvalue weighted by Gasteiger charge is -2.09. The number of hydrogen-bond donors (Lipinski definition) is 2. The van der Waals surface area contributed by atoms with E-state index >= 15 is 0 Å². The molecule has 2 aromatic carbocycles. The number of rotatable bonds is 9. The molecule has 0 saturated carbocycles. The van der Waals surface area contributed by atoms with Gasteiger partial charge in [-0.3, -0.25) is 4.79 Å². The van der Waals surface area contributed by atoms with Crippen molar-refractivity contribution in [1.82, 2.24) is 5.32 Å². The van der Waals surface area contributed by atoms with Gasteiger partial charge in [-0.05, 0) is 55.2 Å². The highest BCUT2D eigenvalue weighted by atomic mass is 16.5. The quantitative estimate of drug-likeness (QED) is 0.528. The fourth-order valence-electron chi connectivity index (χ4n) is 2.54. The Bertz CT molecular complexity index is 782. The van der Waals surface area contributed by atoms with Gasteiger partial charge in [-0.25, -0.2) is 4.79 Å². The number of ether oxygens (including phenoxy) is 1. The van der Waals surface area contributed by atoms with Crippen LogP contribution in [-0.2, 0) is 20.7 Å². The van der Waals surface area contributed by atoms with Gasteiger partial charge in [0.05, 0.1) is 13.2 Å². The minimum absolute atomic E-state index is 0.0464. The number of carbonyl (C=O) groups excluding carboxylic acids is 2. The number of carbonyl (C=O) groups is 2. The van der Waals surface area contributed by atoms with Crippen LogP contribution in [0.1, 0.15) is 23.6 Å². The minimum atomic E-state index is -0.359. The molecule has 2 aromatic rings. The van der Waals surface area contributed by atoms with Crippen molar-refractivity contribution in [2.45, 2.75) is 20.3 Å². The number of nitrogens with one attached hydrogen (secondary N) is 2. The van der Waals surface area contributed by atoms with Crippen molar-refractivity contribution in [2.75, 3.05) is 25.0 Å². The molecule has 0 fully saturated rings. The normalized spacial score (nSPS) is 10.6. The average Bonchev–Trinajstić information content (AvgIpc) is 2.67. The number of anilines is 1. The van der Waals surface area contributed by atoms with Gasteiger partial charge in [0.25, 0.3) is 0 Å². The zero-order valence-corrected chi connectivity index (χ0v) is 15.8. The van der Waals surface area contributed by atoms with Crippen molar-refractivity contribution in [3.63, 3.8) is 0 Å². The Balaban J connectivity index is 1.72. The van der Waals surface area contributed by atoms with Gasteiger partial charge in [0.15, 0.2) is 0 Å². The topological polar surface area (TPSA) is 67.4 Å². The van der Waals surface area contributed by atoms with Crippen LogP contribution in [0.3, 0.4) is 0 Å². The van der Waals surface area contributed by atoms with Gasteiger partial charge < -0.3 is 15.4 Å². The van der Waals surface area contributed by atoms with E-state index in [1.807, 2.05) is 36.4 Å². The maximum absolute atomic E-state index is 12.0. The predicted octanol–water partition coefficient (Wildman–Crippen LogP) is 3.34. The summed E-state index contributed by atoms with van der Waals surface area (Å²) in [4.78, 5) is 23.3. The van der Waals surface area contributed by atoms with E-state index in [0.717, 1.165) is 17.7 Å². The summed E-state index contributed by atoms with van der Waals surface area (Å²) in [6.07, 6.45) is 3.91. The largest absolute Gasteiger partial charge is 0.463 e. The number of esters is 1.